The molecule has 11 nitrogen and oxygen atoms in total. The Labute approximate surface area is 172 Å². The number of aromatic nitrogens is 4. The fraction of sp³-hybridized carbons (Fsp3) is 0.647. The Balaban J connectivity index is 1.52. The minimum atomic E-state index is -1.18. The number of aliphatic hydroxyl groups is 2. The molecule has 2 aliphatic rings. The van der Waals surface area contributed by atoms with Gasteiger partial charge in [-0.15, -0.1) is 0 Å². The first-order valence-electron chi connectivity index (χ1n) is 9.33. The van der Waals surface area contributed by atoms with E-state index in [2.05, 4.69) is 20.3 Å². The van der Waals surface area contributed by atoms with Crippen LogP contribution in [0.2, 0.25) is 0 Å². The van der Waals surface area contributed by atoms with Crippen LogP contribution in [0, 0.1) is 0 Å². The topological polar surface area (TPSA) is 127 Å². The van der Waals surface area contributed by atoms with Crippen molar-refractivity contribution in [3.05, 3.63) is 12.7 Å². The fourth-order valence-electron chi connectivity index (χ4n) is 3.36. The maximum Gasteiger partial charge on any atom is 0.258 e. The van der Waals surface area contributed by atoms with Crippen LogP contribution >= 0.6 is 12.2 Å². The molecule has 158 valence electrons. The Hall–Kier alpha value is -2.12. The Bertz CT molecular complexity index is 873. The van der Waals surface area contributed by atoms with Gasteiger partial charge < -0.3 is 34.6 Å². The molecule has 4 rings (SSSR count). The molecule has 2 saturated heterocycles. The summed E-state index contributed by atoms with van der Waals surface area (Å²) in [5, 5.41) is 24.5. The second kappa shape index (κ2) is 8.32. The zero-order valence-electron chi connectivity index (χ0n) is 16.1. The number of fused-ring (bicyclic) bond motifs is 1. The van der Waals surface area contributed by atoms with Gasteiger partial charge in [-0.2, -0.15) is 0 Å². The third-order valence-electron chi connectivity index (χ3n) is 4.98. The fourth-order valence-corrected chi connectivity index (χ4v) is 3.43. The van der Waals surface area contributed by atoms with E-state index >= 15 is 0 Å². The highest BCUT2D eigenvalue weighted by Gasteiger charge is 2.45. The molecule has 2 aromatic heterocycles. The predicted molar refractivity (Wildman–Crippen MR) is 106 cm³/mol. The highest BCUT2D eigenvalue weighted by atomic mass is 32.1. The predicted octanol–water partition coefficient (Wildman–Crippen LogP) is -0.491. The Morgan fingerprint density at radius 3 is 2.90 bits per heavy atom. The van der Waals surface area contributed by atoms with Crippen LogP contribution in [0.5, 0.6) is 0 Å². The quantitative estimate of drug-likeness (QED) is 0.538. The van der Waals surface area contributed by atoms with Crippen molar-refractivity contribution in [2.75, 3.05) is 39.2 Å². The molecular weight excluding hydrogens is 400 g/mol. The van der Waals surface area contributed by atoms with Crippen molar-refractivity contribution >= 4 is 34.4 Å². The Morgan fingerprint density at radius 1 is 1.34 bits per heavy atom. The van der Waals surface area contributed by atoms with Gasteiger partial charge in [0.25, 0.3) is 5.17 Å². The maximum absolute atomic E-state index is 10.5. The number of nitrogens with zero attached hydrogens (tertiary/aromatic N) is 5. The molecule has 12 heteroatoms. The molecule has 5 atom stereocenters. The molecule has 2 fully saturated rings. The Morgan fingerprint density at radius 2 is 2.17 bits per heavy atom. The van der Waals surface area contributed by atoms with Crippen molar-refractivity contribution < 1.29 is 24.4 Å². The summed E-state index contributed by atoms with van der Waals surface area (Å²) in [4.78, 5) is 14.6. The first-order chi connectivity index (χ1) is 14.0. The molecule has 2 unspecified atom stereocenters. The van der Waals surface area contributed by atoms with Crippen molar-refractivity contribution in [3.63, 3.8) is 0 Å². The lowest BCUT2D eigenvalue weighted by molar-refractivity contribution is -0.0499. The van der Waals surface area contributed by atoms with Gasteiger partial charge in [0.2, 0.25) is 0 Å². The van der Waals surface area contributed by atoms with Gasteiger partial charge in [0.15, 0.2) is 23.2 Å². The molecule has 2 aromatic rings. The van der Waals surface area contributed by atoms with Crippen LogP contribution in [-0.2, 0) is 14.2 Å². The first-order valence-corrected chi connectivity index (χ1v) is 9.74. The zero-order valence-corrected chi connectivity index (χ0v) is 16.9. The van der Waals surface area contributed by atoms with Gasteiger partial charge in [-0.25, -0.2) is 15.0 Å². The molecule has 0 amide bonds. The van der Waals surface area contributed by atoms with E-state index in [9.17, 15) is 10.2 Å². The van der Waals surface area contributed by atoms with E-state index in [-0.39, 0.29) is 17.8 Å². The normalized spacial score (nSPS) is 29.3. The molecule has 0 spiro atoms. The number of rotatable bonds is 5. The van der Waals surface area contributed by atoms with Crippen molar-refractivity contribution in [2.24, 2.45) is 0 Å². The highest BCUT2D eigenvalue weighted by molar-refractivity contribution is 7.80. The summed E-state index contributed by atoms with van der Waals surface area (Å²) in [5.74, 6) is 0.591. The van der Waals surface area contributed by atoms with E-state index in [1.54, 1.807) is 23.6 Å². The van der Waals surface area contributed by atoms with Crippen molar-refractivity contribution in [1.82, 2.24) is 24.4 Å². The third kappa shape index (κ3) is 3.98. The van der Waals surface area contributed by atoms with E-state index in [1.165, 1.54) is 12.7 Å². The first kappa shape index (κ1) is 20.2. The number of ether oxygens (including phenoxy) is 3. The second-order valence-electron chi connectivity index (χ2n) is 7.27. The highest BCUT2D eigenvalue weighted by Crippen LogP contribution is 2.32. The van der Waals surface area contributed by atoms with E-state index in [4.69, 9.17) is 26.4 Å². The van der Waals surface area contributed by atoms with E-state index in [0.717, 1.165) is 6.42 Å². The van der Waals surface area contributed by atoms with E-state index in [1.807, 2.05) is 0 Å². The summed E-state index contributed by atoms with van der Waals surface area (Å²) in [5.41, 5.74) is 1.04. The number of imidazole rings is 1. The summed E-state index contributed by atoms with van der Waals surface area (Å²) >= 11 is 5.08. The molecule has 0 aliphatic carbocycles. The summed E-state index contributed by atoms with van der Waals surface area (Å²) in [7, 11) is 3.51. The lowest BCUT2D eigenvalue weighted by Crippen LogP contribution is -2.35. The molecular formula is C17H24N6O5S. The van der Waals surface area contributed by atoms with Crippen molar-refractivity contribution in [3.8, 4) is 0 Å². The van der Waals surface area contributed by atoms with Crippen LogP contribution in [0.4, 0.5) is 5.82 Å². The molecule has 4 heterocycles. The average Bonchev–Trinajstić information content (AvgIpc) is 3.42. The Kier molecular flexibility index (Phi) is 5.79. The zero-order chi connectivity index (χ0) is 20.5. The van der Waals surface area contributed by atoms with Crippen molar-refractivity contribution in [2.45, 2.75) is 37.0 Å². The summed E-state index contributed by atoms with van der Waals surface area (Å²) < 4.78 is 18.3. The smallest absolute Gasteiger partial charge is 0.258 e. The number of nitrogens with one attached hydrogen (secondary N) is 1. The van der Waals surface area contributed by atoms with Crippen LogP contribution in [0.1, 0.15) is 12.6 Å². The van der Waals surface area contributed by atoms with Crippen LogP contribution in [0.3, 0.4) is 0 Å². The van der Waals surface area contributed by atoms with Gasteiger partial charge in [-0.1, -0.05) is 0 Å². The monoisotopic (exact) mass is 424 g/mol. The number of hydrogen-bond acceptors (Lipinski definition) is 10. The largest absolute Gasteiger partial charge is 0.468 e. The number of hydrogen-bond donors (Lipinski definition) is 3. The third-order valence-corrected chi connectivity index (χ3v) is 5.46. The molecule has 3 N–H and O–H groups in total. The number of aliphatic hydroxyl groups excluding tert-OH is 2. The van der Waals surface area contributed by atoms with Gasteiger partial charge in [-0.05, 0) is 18.6 Å². The molecule has 29 heavy (non-hydrogen) atoms. The van der Waals surface area contributed by atoms with Crippen LogP contribution in [0.15, 0.2) is 12.7 Å². The van der Waals surface area contributed by atoms with Gasteiger partial charge in [0.1, 0.15) is 31.2 Å². The van der Waals surface area contributed by atoms with Gasteiger partial charge in [0, 0.05) is 20.7 Å². The van der Waals surface area contributed by atoms with E-state index < -0.39 is 24.5 Å². The lowest BCUT2D eigenvalue weighted by Gasteiger charge is -2.19. The van der Waals surface area contributed by atoms with Crippen LogP contribution in [0.25, 0.3) is 11.2 Å². The lowest BCUT2D eigenvalue weighted by atomic mass is 10.1. The van der Waals surface area contributed by atoms with Gasteiger partial charge in [0.05, 0.1) is 19.0 Å². The van der Waals surface area contributed by atoms with Gasteiger partial charge in [-0.3, -0.25) is 4.57 Å². The molecule has 0 radical (unpaired) electrons. The SMILES string of the molecule is CN(C)C(=S)OC[C@H]1OC(n2cnc3c(NC4CCOC4)ncnc32)[C@H](O)[C@@H]1O. The number of anilines is 1. The van der Waals surface area contributed by atoms with E-state index in [0.29, 0.717) is 30.2 Å². The second-order valence-corrected chi connectivity index (χ2v) is 7.62. The standard InChI is InChI=1S/C17H24N6O5S/c1-22(2)17(29)27-6-10-12(24)13(25)16(28-10)23-8-20-11-14(18-7-19-15(11)23)21-9-3-4-26-5-9/h7-10,12-13,16,24-25H,3-6H2,1-2H3,(H,18,19,21)/t9?,10-,12-,13-,16?/m1/s1. The summed E-state index contributed by atoms with van der Waals surface area (Å²) in [6.45, 7) is 1.34. The minimum absolute atomic E-state index is 0.0157. The maximum atomic E-state index is 10.5. The molecule has 0 aromatic carbocycles. The van der Waals surface area contributed by atoms with Crippen LogP contribution in [-0.4, -0.2) is 98.1 Å². The number of thiocarbonyl (C=S) groups is 1. The molecule has 2 aliphatic heterocycles. The van der Waals surface area contributed by atoms with Gasteiger partial charge >= 0.3 is 0 Å². The minimum Gasteiger partial charge on any atom is -0.468 e. The summed E-state index contributed by atoms with van der Waals surface area (Å²) in [6.07, 6.45) is -0.105. The van der Waals surface area contributed by atoms with Crippen molar-refractivity contribution in [1.29, 1.82) is 0 Å². The van der Waals surface area contributed by atoms with Crippen LogP contribution < -0.4 is 5.32 Å². The average molecular weight is 424 g/mol. The molecule has 0 bridgehead atoms. The molecule has 0 saturated carbocycles. The summed E-state index contributed by atoms with van der Waals surface area (Å²) in [6, 6.07) is 0.162.